The van der Waals surface area contributed by atoms with E-state index in [2.05, 4.69) is 30.8 Å². The summed E-state index contributed by atoms with van der Waals surface area (Å²) in [5, 5.41) is 15.9. The van der Waals surface area contributed by atoms with Crippen LogP contribution in [0.3, 0.4) is 0 Å². The third kappa shape index (κ3) is 4.10. The molecule has 0 unspecified atom stereocenters. The summed E-state index contributed by atoms with van der Waals surface area (Å²) in [7, 11) is 0. The number of aromatic amines is 1. The number of hydrogen-bond donors (Lipinski definition) is 4. The molecule has 0 aliphatic rings. The van der Waals surface area contributed by atoms with Gasteiger partial charge >= 0.3 is 0 Å². The molecule has 10 nitrogen and oxygen atoms in total. The van der Waals surface area contributed by atoms with E-state index in [1.54, 1.807) is 24.5 Å². The first-order chi connectivity index (χ1) is 14.6. The number of anilines is 2. The molecular weight excluding hydrogens is 508 g/mol. The lowest BCUT2D eigenvalue weighted by atomic mass is 10.2. The number of imidazole rings is 1. The van der Waals surface area contributed by atoms with E-state index in [-0.39, 0.29) is 30.3 Å². The highest BCUT2D eigenvalue weighted by Gasteiger charge is 2.19. The number of aliphatic hydroxyl groups is 1. The highest BCUT2D eigenvalue weighted by molar-refractivity contribution is 14.1. The summed E-state index contributed by atoms with van der Waals surface area (Å²) in [6.07, 6.45) is 6.18. The van der Waals surface area contributed by atoms with E-state index in [1.165, 1.54) is 23.1 Å². The van der Waals surface area contributed by atoms with Gasteiger partial charge in [-0.3, -0.25) is 9.63 Å². The molecule has 0 radical (unpaired) electrons. The molecule has 4 N–H and O–H groups in total. The van der Waals surface area contributed by atoms with Crippen molar-refractivity contribution in [1.29, 1.82) is 0 Å². The molecule has 0 saturated heterocycles. The number of aliphatic hydroxyl groups excluding tert-OH is 1. The molecular formula is C18H15FIN7O3. The van der Waals surface area contributed by atoms with E-state index in [0.717, 1.165) is 3.57 Å². The number of fused-ring (bicyclic) bond motifs is 1. The number of H-pyrrole nitrogens is 1. The van der Waals surface area contributed by atoms with Gasteiger partial charge in [0.25, 0.3) is 5.91 Å². The summed E-state index contributed by atoms with van der Waals surface area (Å²) in [4.78, 5) is 29.0. The van der Waals surface area contributed by atoms with Gasteiger partial charge in [-0.1, -0.05) is 0 Å². The van der Waals surface area contributed by atoms with Crippen LogP contribution >= 0.6 is 22.6 Å². The maximum absolute atomic E-state index is 14.4. The lowest BCUT2D eigenvalue weighted by Gasteiger charge is -2.13. The highest BCUT2D eigenvalue weighted by Crippen LogP contribution is 2.27. The molecule has 0 bridgehead atoms. The van der Waals surface area contributed by atoms with Gasteiger partial charge in [0.2, 0.25) is 0 Å². The van der Waals surface area contributed by atoms with Crippen LogP contribution < -0.4 is 10.8 Å². The van der Waals surface area contributed by atoms with Gasteiger partial charge in [0.1, 0.15) is 17.2 Å². The number of carbonyl (C=O) groups is 1. The zero-order chi connectivity index (χ0) is 21.1. The molecule has 0 spiro atoms. The Kier molecular flexibility index (Phi) is 5.87. The van der Waals surface area contributed by atoms with Crippen LogP contribution in [0.2, 0.25) is 0 Å². The first kappa shape index (κ1) is 20.2. The van der Waals surface area contributed by atoms with Crippen LogP contribution in [0, 0.1) is 9.39 Å². The zero-order valence-corrected chi connectivity index (χ0v) is 17.4. The first-order valence-electron chi connectivity index (χ1n) is 8.69. The monoisotopic (exact) mass is 523 g/mol. The first-order valence-corrected chi connectivity index (χ1v) is 9.77. The number of benzene rings is 1. The molecule has 4 aromatic rings. The third-order valence-corrected chi connectivity index (χ3v) is 4.74. The van der Waals surface area contributed by atoms with Crippen LogP contribution in [0.4, 0.5) is 15.9 Å². The number of rotatable bonds is 7. The molecule has 0 atom stereocenters. The summed E-state index contributed by atoms with van der Waals surface area (Å²) < 4.78 is 16.5. The van der Waals surface area contributed by atoms with Crippen molar-refractivity contribution in [2.75, 3.05) is 18.5 Å². The van der Waals surface area contributed by atoms with Crippen molar-refractivity contribution in [2.45, 2.75) is 0 Å². The number of carbonyl (C=O) groups excluding carboxylic acids is 1. The van der Waals surface area contributed by atoms with Gasteiger partial charge in [0, 0.05) is 9.77 Å². The minimum Gasteiger partial charge on any atom is -0.394 e. The lowest BCUT2D eigenvalue weighted by molar-refractivity contribution is 0.0168. The summed E-state index contributed by atoms with van der Waals surface area (Å²) in [5.41, 5.74) is 4.21. The van der Waals surface area contributed by atoms with Gasteiger partial charge in [-0.15, -0.1) is 0 Å². The minimum absolute atomic E-state index is 0.0673. The Morgan fingerprint density at radius 2 is 2.23 bits per heavy atom. The van der Waals surface area contributed by atoms with E-state index >= 15 is 0 Å². The topological polar surface area (TPSA) is 129 Å². The van der Waals surface area contributed by atoms with E-state index in [4.69, 9.17) is 9.94 Å². The second-order valence-corrected chi connectivity index (χ2v) is 7.29. The van der Waals surface area contributed by atoms with Crippen LogP contribution in [0.5, 0.6) is 0 Å². The molecule has 12 heteroatoms. The van der Waals surface area contributed by atoms with Crippen molar-refractivity contribution < 1.29 is 19.1 Å². The highest BCUT2D eigenvalue weighted by atomic mass is 127. The maximum atomic E-state index is 14.4. The second kappa shape index (κ2) is 8.73. The molecule has 3 heterocycles. The number of aromatic nitrogens is 5. The van der Waals surface area contributed by atoms with Gasteiger partial charge in [-0.05, 0) is 40.8 Å². The Hall–Kier alpha value is -3.10. The summed E-state index contributed by atoms with van der Waals surface area (Å²) in [6.45, 7) is -0.342. The Bertz CT molecular complexity index is 1200. The fourth-order valence-electron chi connectivity index (χ4n) is 2.70. The fourth-order valence-corrected chi connectivity index (χ4v) is 3.15. The van der Waals surface area contributed by atoms with E-state index in [1.807, 2.05) is 22.6 Å². The normalized spacial score (nSPS) is 11.0. The Labute approximate surface area is 182 Å². The average Bonchev–Trinajstić information content (AvgIpc) is 3.39. The summed E-state index contributed by atoms with van der Waals surface area (Å²) >= 11 is 2.00. The number of nitrogens with zero attached hydrogens (tertiary/aromatic N) is 4. The number of hydrogen-bond acceptors (Lipinski definition) is 7. The lowest BCUT2D eigenvalue weighted by Crippen LogP contribution is -2.26. The molecule has 0 aliphatic carbocycles. The second-order valence-electron chi connectivity index (χ2n) is 6.05. The molecule has 154 valence electrons. The van der Waals surface area contributed by atoms with Gasteiger partial charge in [-0.25, -0.2) is 24.4 Å². The Morgan fingerprint density at radius 3 is 2.97 bits per heavy atom. The van der Waals surface area contributed by atoms with Gasteiger partial charge in [-0.2, -0.15) is 5.10 Å². The number of halogens is 2. The average molecular weight is 523 g/mol. The van der Waals surface area contributed by atoms with Crippen LogP contribution in [-0.4, -0.2) is 48.8 Å². The Morgan fingerprint density at radius 1 is 1.37 bits per heavy atom. The fraction of sp³-hybridized carbons (Fsp3) is 0.111. The smallest absolute Gasteiger partial charge is 0.280 e. The molecule has 0 aliphatic heterocycles. The molecule has 3 aromatic heterocycles. The molecule has 4 rings (SSSR count). The van der Waals surface area contributed by atoms with E-state index < -0.39 is 11.7 Å². The van der Waals surface area contributed by atoms with E-state index in [0.29, 0.717) is 16.9 Å². The van der Waals surface area contributed by atoms with E-state index in [9.17, 15) is 9.18 Å². The van der Waals surface area contributed by atoms with Crippen LogP contribution in [0.15, 0.2) is 43.1 Å². The maximum Gasteiger partial charge on any atom is 0.280 e. The predicted octanol–water partition coefficient (Wildman–Crippen LogP) is 2.26. The van der Waals surface area contributed by atoms with Crippen molar-refractivity contribution in [3.63, 3.8) is 0 Å². The van der Waals surface area contributed by atoms with Crippen molar-refractivity contribution in [2.24, 2.45) is 0 Å². The van der Waals surface area contributed by atoms with Crippen molar-refractivity contribution in [3.05, 3.63) is 58.1 Å². The SMILES string of the molecule is O=C(NOCCO)c1cn2ncc(-c3cnc[nH]3)c2nc1Nc1ccc(I)cc1F. The molecule has 1 aromatic carbocycles. The van der Waals surface area contributed by atoms with Crippen LogP contribution in [0.1, 0.15) is 10.4 Å². The molecule has 1 amide bonds. The molecule has 0 saturated carbocycles. The largest absolute Gasteiger partial charge is 0.394 e. The standard InChI is InChI=1S/C18H15FIN7O3/c19-13-5-10(20)1-2-14(13)24-16-12(18(29)26-30-4-3-28)8-27-17(25-16)11(6-23-27)15-7-21-9-22-15/h1-2,5-9,28H,3-4H2,(H,21,22)(H,24,25)(H,26,29). The number of hydroxylamine groups is 1. The quantitative estimate of drug-likeness (QED) is 0.166. The third-order valence-electron chi connectivity index (χ3n) is 4.07. The van der Waals surface area contributed by atoms with Crippen molar-refractivity contribution in [3.8, 4) is 11.3 Å². The molecule has 30 heavy (non-hydrogen) atoms. The number of nitrogens with one attached hydrogen (secondary N) is 3. The van der Waals surface area contributed by atoms with Crippen molar-refractivity contribution in [1.82, 2.24) is 30.0 Å². The Balaban J connectivity index is 1.79. The summed E-state index contributed by atoms with van der Waals surface area (Å²) in [5.74, 6) is -1.02. The van der Waals surface area contributed by atoms with Gasteiger partial charge in [0.05, 0.1) is 48.9 Å². The summed E-state index contributed by atoms with van der Waals surface area (Å²) in [6, 6.07) is 4.64. The predicted molar refractivity (Wildman–Crippen MR) is 113 cm³/mol. The minimum atomic E-state index is -0.634. The van der Waals surface area contributed by atoms with Crippen LogP contribution in [0.25, 0.3) is 16.9 Å². The number of amides is 1. The van der Waals surface area contributed by atoms with Crippen LogP contribution in [-0.2, 0) is 4.84 Å². The van der Waals surface area contributed by atoms with Gasteiger partial charge < -0.3 is 15.4 Å². The van der Waals surface area contributed by atoms with Crippen molar-refractivity contribution >= 4 is 45.7 Å². The van der Waals surface area contributed by atoms with Gasteiger partial charge in [0.15, 0.2) is 5.65 Å². The zero-order valence-electron chi connectivity index (χ0n) is 15.3. The molecule has 0 fully saturated rings.